The van der Waals surface area contributed by atoms with Crippen LogP contribution >= 0.6 is 0 Å². The van der Waals surface area contributed by atoms with Crippen LogP contribution in [0.1, 0.15) is 0 Å². The summed E-state index contributed by atoms with van der Waals surface area (Å²) in [6.07, 6.45) is 0. The van der Waals surface area contributed by atoms with E-state index < -0.39 is 21.9 Å². The molecule has 0 aliphatic rings. The van der Waals surface area contributed by atoms with Gasteiger partial charge in [0.2, 0.25) is 9.84 Å². The molecule has 0 saturated carbocycles. The minimum atomic E-state index is -3.99. The lowest BCUT2D eigenvalue weighted by molar-refractivity contribution is 0.499. The summed E-state index contributed by atoms with van der Waals surface area (Å²) in [6, 6.07) is -3.22. The van der Waals surface area contributed by atoms with E-state index in [9.17, 15) is 17.2 Å². The predicted octanol–water partition coefficient (Wildman–Crippen LogP) is 0.255. The summed E-state index contributed by atoms with van der Waals surface area (Å²) in [4.78, 5) is 0. The highest BCUT2D eigenvalue weighted by molar-refractivity contribution is 7.91. The number of alkyl halides is 2. The van der Waals surface area contributed by atoms with Gasteiger partial charge >= 0.3 is 0 Å². The van der Waals surface area contributed by atoms with Crippen LogP contribution in [0.2, 0.25) is 0 Å². The average Bonchev–Trinajstić information content (AvgIpc) is 1.68. The quantitative estimate of drug-likeness (QED) is 0.537. The molecule has 0 spiro atoms. The second kappa shape index (κ2) is 2.20. The summed E-state index contributed by atoms with van der Waals surface area (Å²) < 4.78 is 41.1. The number of hydrogen-bond acceptors (Lipinski definition) is 2. The fraction of sp³-hybridized carbons (Fsp3) is 1.00. The molecule has 0 fully saturated rings. The fourth-order valence-electron chi connectivity index (χ4n) is 0.0292. The molecule has 0 aromatic carbocycles. The van der Waals surface area contributed by atoms with Gasteiger partial charge in [-0.2, -0.15) is 0 Å². The molecule has 0 atom stereocenters. The Morgan fingerprint density at radius 3 is 1.43 bits per heavy atom. The standard InChI is InChI=1S/C2H4F2O2S/c3-1-7(5,6)2-4/h1-2H2. The highest BCUT2D eigenvalue weighted by Gasteiger charge is 2.06. The van der Waals surface area contributed by atoms with Gasteiger partial charge < -0.3 is 0 Å². The zero-order valence-electron chi connectivity index (χ0n) is 3.39. The van der Waals surface area contributed by atoms with Crippen LogP contribution in [-0.4, -0.2) is 20.4 Å². The van der Waals surface area contributed by atoms with Gasteiger partial charge in [-0.3, -0.25) is 0 Å². The Morgan fingerprint density at radius 1 is 1.14 bits per heavy atom. The monoisotopic (exact) mass is 130 g/mol. The first-order valence-electron chi connectivity index (χ1n) is 1.45. The van der Waals surface area contributed by atoms with Crippen LogP contribution in [-0.2, 0) is 9.84 Å². The maximum Gasteiger partial charge on any atom is 0.208 e. The molecule has 0 amide bonds. The van der Waals surface area contributed by atoms with Crippen LogP contribution in [0.5, 0.6) is 0 Å². The maximum atomic E-state index is 10.9. The van der Waals surface area contributed by atoms with Gasteiger partial charge in [0.15, 0.2) is 12.0 Å². The highest BCUT2D eigenvalue weighted by atomic mass is 32.2. The van der Waals surface area contributed by atoms with E-state index in [1.165, 1.54) is 0 Å². The number of hydrogen-bond donors (Lipinski definition) is 0. The molecular weight excluding hydrogens is 126 g/mol. The predicted molar refractivity (Wildman–Crippen MR) is 20.9 cm³/mol. The van der Waals surface area contributed by atoms with Crippen LogP contribution in [0.15, 0.2) is 0 Å². The van der Waals surface area contributed by atoms with Crippen LogP contribution < -0.4 is 0 Å². The Kier molecular flexibility index (Phi) is 2.14. The third kappa shape index (κ3) is 2.50. The molecule has 0 unspecified atom stereocenters. The van der Waals surface area contributed by atoms with Gasteiger partial charge in [-0.05, 0) is 0 Å². The summed E-state index contributed by atoms with van der Waals surface area (Å²) in [7, 11) is -3.99. The molecule has 0 rings (SSSR count). The molecule has 0 aliphatic carbocycles. The molecule has 0 bridgehead atoms. The van der Waals surface area contributed by atoms with Gasteiger partial charge in [0, 0.05) is 0 Å². The molecule has 5 heteroatoms. The van der Waals surface area contributed by atoms with E-state index >= 15 is 0 Å². The first kappa shape index (κ1) is 6.81. The number of halogens is 2. The van der Waals surface area contributed by atoms with Gasteiger partial charge in [-0.1, -0.05) is 0 Å². The van der Waals surface area contributed by atoms with Crippen LogP contribution in [0.25, 0.3) is 0 Å². The van der Waals surface area contributed by atoms with E-state index in [0.717, 1.165) is 0 Å². The Hall–Kier alpha value is -0.190. The first-order chi connectivity index (χ1) is 3.12. The third-order valence-electron chi connectivity index (χ3n) is 0.332. The van der Waals surface area contributed by atoms with Crippen molar-refractivity contribution in [2.24, 2.45) is 0 Å². The first-order valence-corrected chi connectivity index (χ1v) is 3.27. The van der Waals surface area contributed by atoms with Crippen molar-refractivity contribution in [2.75, 3.05) is 12.0 Å². The third-order valence-corrected chi connectivity index (χ3v) is 0.997. The van der Waals surface area contributed by atoms with E-state index in [2.05, 4.69) is 0 Å². The summed E-state index contributed by atoms with van der Waals surface area (Å²) in [6.45, 7) is 0. The van der Waals surface area contributed by atoms with E-state index in [4.69, 9.17) is 0 Å². The van der Waals surface area contributed by atoms with E-state index in [1.807, 2.05) is 0 Å². The molecule has 0 saturated heterocycles. The fourth-order valence-corrected chi connectivity index (χ4v) is 0.0875. The Labute approximate surface area is 40.1 Å². The average molecular weight is 130 g/mol. The van der Waals surface area contributed by atoms with Crippen molar-refractivity contribution < 1.29 is 17.2 Å². The second-order valence-electron chi connectivity index (χ2n) is 0.962. The van der Waals surface area contributed by atoms with Gasteiger partial charge in [-0.25, -0.2) is 17.2 Å². The number of rotatable bonds is 2. The lowest BCUT2D eigenvalue weighted by atomic mass is 11.8. The minimum Gasteiger partial charge on any atom is -0.234 e. The SMILES string of the molecule is O=S(=O)(CF)CF. The molecule has 0 aromatic rings. The molecule has 0 aliphatic heterocycles. The zero-order chi connectivity index (χ0) is 5.91. The molecule has 2 nitrogen and oxygen atoms in total. The molecule has 0 heterocycles. The van der Waals surface area contributed by atoms with Crippen molar-refractivity contribution >= 4 is 9.84 Å². The van der Waals surface area contributed by atoms with Crippen molar-refractivity contribution in [3.8, 4) is 0 Å². The summed E-state index contributed by atoms with van der Waals surface area (Å²) in [5.41, 5.74) is 0. The smallest absolute Gasteiger partial charge is 0.208 e. The lowest BCUT2D eigenvalue weighted by Crippen LogP contribution is -2.02. The van der Waals surface area contributed by atoms with Crippen molar-refractivity contribution in [1.29, 1.82) is 0 Å². The highest BCUT2D eigenvalue weighted by Crippen LogP contribution is 1.88. The molecular formula is C2H4F2O2S. The Balaban J connectivity index is 3.89. The summed E-state index contributed by atoms with van der Waals surface area (Å²) in [5.74, 6) is 0. The van der Waals surface area contributed by atoms with Gasteiger partial charge in [-0.15, -0.1) is 0 Å². The lowest BCUT2D eigenvalue weighted by Gasteiger charge is -1.83. The summed E-state index contributed by atoms with van der Waals surface area (Å²) in [5, 5.41) is 0. The normalized spacial score (nSPS) is 11.7. The van der Waals surface area contributed by atoms with Gasteiger partial charge in [0.05, 0.1) is 0 Å². The Bertz CT molecular complexity index is 117. The number of sulfone groups is 1. The molecule has 0 radical (unpaired) electrons. The van der Waals surface area contributed by atoms with E-state index in [0.29, 0.717) is 0 Å². The maximum absolute atomic E-state index is 10.9. The van der Waals surface area contributed by atoms with Crippen LogP contribution in [0.4, 0.5) is 8.78 Å². The van der Waals surface area contributed by atoms with Crippen LogP contribution in [0.3, 0.4) is 0 Å². The van der Waals surface area contributed by atoms with Crippen molar-refractivity contribution in [3.63, 3.8) is 0 Å². The zero-order valence-corrected chi connectivity index (χ0v) is 4.21. The largest absolute Gasteiger partial charge is 0.234 e. The van der Waals surface area contributed by atoms with Gasteiger partial charge in [0.25, 0.3) is 0 Å². The van der Waals surface area contributed by atoms with Crippen LogP contribution in [0, 0.1) is 0 Å². The van der Waals surface area contributed by atoms with E-state index in [-0.39, 0.29) is 0 Å². The topological polar surface area (TPSA) is 34.1 Å². The molecule has 0 aromatic heterocycles. The molecule has 7 heavy (non-hydrogen) atoms. The molecule has 44 valence electrons. The summed E-state index contributed by atoms with van der Waals surface area (Å²) >= 11 is 0. The van der Waals surface area contributed by atoms with E-state index in [1.54, 1.807) is 0 Å². The minimum absolute atomic E-state index is 1.61. The van der Waals surface area contributed by atoms with Crippen molar-refractivity contribution in [3.05, 3.63) is 0 Å². The Morgan fingerprint density at radius 2 is 1.43 bits per heavy atom. The van der Waals surface area contributed by atoms with Crippen molar-refractivity contribution in [2.45, 2.75) is 0 Å². The second-order valence-corrected chi connectivity index (χ2v) is 2.89. The van der Waals surface area contributed by atoms with Gasteiger partial charge in [0.1, 0.15) is 0 Å². The van der Waals surface area contributed by atoms with Crippen molar-refractivity contribution in [1.82, 2.24) is 0 Å². The molecule has 0 N–H and O–H groups in total.